The minimum atomic E-state index is -2.36. The lowest BCUT2D eigenvalue weighted by atomic mass is 9.91. The van der Waals surface area contributed by atoms with Crippen molar-refractivity contribution in [2.24, 2.45) is 13.0 Å². The van der Waals surface area contributed by atoms with Gasteiger partial charge in [0.1, 0.15) is 5.56 Å². The number of aryl methyl sites for hydroxylation is 1. The summed E-state index contributed by atoms with van der Waals surface area (Å²) in [7, 11) is 1.72. The second-order valence-electron chi connectivity index (χ2n) is 9.74. The Balaban J connectivity index is 1.37. The van der Waals surface area contributed by atoms with Gasteiger partial charge in [0.15, 0.2) is 29.6 Å². The van der Waals surface area contributed by atoms with Crippen LogP contribution >= 0.6 is 11.8 Å². The molecule has 0 spiro atoms. The first-order chi connectivity index (χ1) is 20.6. The minimum absolute atomic E-state index is 0.0277. The van der Waals surface area contributed by atoms with Crippen molar-refractivity contribution in [3.05, 3.63) is 99.9 Å². The Bertz CT molecular complexity index is 1590. The summed E-state index contributed by atoms with van der Waals surface area (Å²) in [5.74, 6) is -12.4. The summed E-state index contributed by atoms with van der Waals surface area (Å²) < 4.78 is 82.9. The van der Waals surface area contributed by atoms with E-state index in [0.717, 1.165) is 11.1 Å². The van der Waals surface area contributed by atoms with Gasteiger partial charge in [0.05, 0.1) is 18.8 Å². The summed E-state index contributed by atoms with van der Waals surface area (Å²) in [6.07, 6.45) is -1.62. The van der Waals surface area contributed by atoms with Crippen molar-refractivity contribution in [1.82, 2.24) is 20.2 Å². The molecule has 4 aromatic rings. The standard InChI is InChI=1S/C28H24F5N5O4S/c1-13-18(12-43-28-35-36-37-38(28)2)41-27(42-25(13)15-5-3-14(11-39)4-6-15)16-7-9-17(10-8-16)34-26(40)19-20(29)22(31)24(33)23(32)21(19)30/h3-10,13,18,25,27,39H,11-12H2,1-2H3,(H,34,40). The molecule has 5 rings (SSSR count). The molecule has 1 aliphatic rings. The number of aliphatic hydroxyl groups is 1. The first kappa shape index (κ1) is 30.5. The molecule has 0 aliphatic carbocycles. The van der Waals surface area contributed by atoms with Gasteiger partial charge in [0.2, 0.25) is 11.0 Å². The predicted molar refractivity (Wildman–Crippen MR) is 143 cm³/mol. The molecule has 226 valence electrons. The number of aliphatic hydroxyl groups excluding tert-OH is 1. The fourth-order valence-electron chi connectivity index (χ4n) is 4.53. The van der Waals surface area contributed by atoms with Gasteiger partial charge in [-0.1, -0.05) is 55.1 Å². The molecule has 1 aromatic heterocycles. The van der Waals surface area contributed by atoms with Crippen LogP contribution in [0, 0.1) is 35.0 Å². The highest BCUT2D eigenvalue weighted by Gasteiger charge is 2.38. The number of aromatic nitrogens is 4. The van der Waals surface area contributed by atoms with Crippen LogP contribution in [0.4, 0.5) is 27.6 Å². The van der Waals surface area contributed by atoms with Crippen molar-refractivity contribution < 1.29 is 41.3 Å². The quantitative estimate of drug-likeness (QED) is 0.119. The number of nitrogens with one attached hydrogen (secondary N) is 1. The molecule has 1 aliphatic heterocycles. The topological polar surface area (TPSA) is 111 Å². The molecule has 2 heterocycles. The van der Waals surface area contributed by atoms with Gasteiger partial charge in [-0.3, -0.25) is 4.79 Å². The number of rotatable bonds is 8. The van der Waals surface area contributed by atoms with Gasteiger partial charge in [-0.2, -0.15) is 0 Å². The Hall–Kier alpha value is -3.92. The molecule has 0 bridgehead atoms. The lowest BCUT2D eigenvalue weighted by Crippen LogP contribution is -2.38. The molecule has 15 heteroatoms. The van der Waals surface area contributed by atoms with Gasteiger partial charge in [0, 0.05) is 30.0 Å². The third kappa shape index (κ3) is 6.25. The van der Waals surface area contributed by atoms with E-state index in [1.54, 1.807) is 19.2 Å². The monoisotopic (exact) mass is 621 g/mol. The molecular weight excluding hydrogens is 597 g/mol. The molecular formula is C28H24F5N5O4S. The minimum Gasteiger partial charge on any atom is -0.392 e. The van der Waals surface area contributed by atoms with Crippen molar-refractivity contribution in [1.29, 1.82) is 0 Å². The van der Waals surface area contributed by atoms with E-state index in [9.17, 15) is 31.9 Å². The SMILES string of the molecule is CC1C(CSc2nnnn2C)OC(c2ccc(NC(=O)c3c(F)c(F)c(F)c(F)c3F)cc2)OC1c1ccc(CO)cc1. The van der Waals surface area contributed by atoms with Crippen molar-refractivity contribution in [3.63, 3.8) is 0 Å². The Labute approximate surface area is 246 Å². The van der Waals surface area contributed by atoms with Crippen LogP contribution in [-0.2, 0) is 23.1 Å². The Morgan fingerprint density at radius 3 is 2.12 bits per heavy atom. The van der Waals surface area contributed by atoms with E-state index < -0.39 is 53.0 Å². The van der Waals surface area contributed by atoms with Crippen LogP contribution in [-0.4, -0.2) is 43.1 Å². The molecule has 43 heavy (non-hydrogen) atoms. The zero-order chi connectivity index (χ0) is 30.8. The van der Waals surface area contributed by atoms with Gasteiger partial charge < -0.3 is 19.9 Å². The zero-order valence-corrected chi connectivity index (χ0v) is 23.4. The van der Waals surface area contributed by atoms with Gasteiger partial charge in [0.25, 0.3) is 5.91 Å². The lowest BCUT2D eigenvalue weighted by molar-refractivity contribution is -0.268. The first-order valence-electron chi connectivity index (χ1n) is 12.9. The Morgan fingerprint density at radius 2 is 1.53 bits per heavy atom. The van der Waals surface area contributed by atoms with Crippen LogP contribution in [0.25, 0.3) is 0 Å². The normalized spacial score (nSPS) is 20.3. The second-order valence-corrected chi connectivity index (χ2v) is 10.7. The highest BCUT2D eigenvalue weighted by Crippen LogP contribution is 2.43. The molecule has 2 N–H and O–H groups in total. The Kier molecular flexibility index (Phi) is 9.05. The fourth-order valence-corrected chi connectivity index (χ4v) is 5.54. The van der Waals surface area contributed by atoms with Gasteiger partial charge in [-0.15, -0.1) is 5.10 Å². The number of benzene rings is 3. The molecule has 3 aromatic carbocycles. The molecule has 0 radical (unpaired) electrons. The second kappa shape index (κ2) is 12.8. The maximum atomic E-state index is 14.1. The number of halogens is 5. The van der Waals surface area contributed by atoms with Crippen LogP contribution < -0.4 is 5.32 Å². The molecule has 1 amide bonds. The number of hydrogen-bond donors (Lipinski definition) is 2. The zero-order valence-electron chi connectivity index (χ0n) is 22.6. The average molecular weight is 622 g/mol. The third-order valence-corrected chi connectivity index (χ3v) is 8.06. The van der Waals surface area contributed by atoms with Gasteiger partial charge in [-0.25, -0.2) is 26.6 Å². The summed E-state index contributed by atoms with van der Waals surface area (Å²) >= 11 is 1.40. The number of tetrazole rings is 1. The first-order valence-corrected chi connectivity index (χ1v) is 13.9. The van der Waals surface area contributed by atoms with E-state index >= 15 is 0 Å². The molecule has 4 atom stereocenters. The van der Waals surface area contributed by atoms with E-state index in [4.69, 9.17) is 9.47 Å². The van der Waals surface area contributed by atoms with E-state index in [0.29, 0.717) is 16.5 Å². The molecule has 0 saturated carbocycles. The van der Waals surface area contributed by atoms with Crippen LogP contribution in [0.15, 0.2) is 53.7 Å². The summed E-state index contributed by atoms with van der Waals surface area (Å²) in [6.45, 7) is 1.88. The summed E-state index contributed by atoms with van der Waals surface area (Å²) in [5.41, 5.74) is 0.570. The molecule has 1 saturated heterocycles. The number of nitrogens with zero attached hydrogens (tertiary/aromatic N) is 4. The number of carbonyl (C=O) groups is 1. The summed E-state index contributed by atoms with van der Waals surface area (Å²) in [6, 6.07) is 13.2. The van der Waals surface area contributed by atoms with E-state index in [2.05, 4.69) is 20.8 Å². The number of hydrogen-bond acceptors (Lipinski definition) is 8. The highest BCUT2D eigenvalue weighted by atomic mass is 32.2. The maximum absolute atomic E-state index is 14.1. The van der Waals surface area contributed by atoms with Crippen LogP contribution in [0.5, 0.6) is 0 Å². The fraction of sp³-hybridized carbons (Fsp3) is 0.286. The highest BCUT2D eigenvalue weighted by molar-refractivity contribution is 7.99. The van der Waals surface area contributed by atoms with Crippen LogP contribution in [0.1, 0.15) is 46.4 Å². The van der Waals surface area contributed by atoms with Crippen LogP contribution in [0.3, 0.4) is 0 Å². The number of thioether (sulfide) groups is 1. The van der Waals surface area contributed by atoms with Gasteiger partial charge >= 0.3 is 0 Å². The maximum Gasteiger partial charge on any atom is 0.261 e. The summed E-state index contributed by atoms with van der Waals surface area (Å²) in [4.78, 5) is 12.4. The van der Waals surface area contributed by atoms with Crippen molar-refractivity contribution in [3.8, 4) is 0 Å². The number of carbonyl (C=O) groups excluding carboxylic acids is 1. The van der Waals surface area contributed by atoms with Gasteiger partial charge in [-0.05, 0) is 33.7 Å². The third-order valence-electron chi connectivity index (χ3n) is 6.96. The van der Waals surface area contributed by atoms with Crippen molar-refractivity contribution in [2.75, 3.05) is 11.1 Å². The molecule has 1 fully saturated rings. The van der Waals surface area contributed by atoms with E-state index in [1.165, 1.54) is 40.7 Å². The van der Waals surface area contributed by atoms with E-state index in [-0.39, 0.29) is 24.3 Å². The largest absolute Gasteiger partial charge is 0.392 e. The molecule has 9 nitrogen and oxygen atoms in total. The number of ether oxygens (including phenoxy) is 2. The molecule has 4 unspecified atom stereocenters. The predicted octanol–water partition coefficient (Wildman–Crippen LogP) is 5.23. The van der Waals surface area contributed by atoms with Crippen LogP contribution in [0.2, 0.25) is 0 Å². The smallest absolute Gasteiger partial charge is 0.261 e. The average Bonchev–Trinajstić information content (AvgIpc) is 3.43. The van der Waals surface area contributed by atoms with Crippen molar-refractivity contribution >= 4 is 23.4 Å². The Morgan fingerprint density at radius 1 is 0.930 bits per heavy atom. The van der Waals surface area contributed by atoms with Crippen molar-refractivity contribution in [2.45, 2.75) is 37.2 Å². The number of amides is 1. The number of anilines is 1. The van der Waals surface area contributed by atoms with E-state index in [1.807, 2.05) is 19.1 Å². The summed E-state index contributed by atoms with van der Waals surface area (Å²) in [5, 5.41) is 23.6. The lowest BCUT2D eigenvalue weighted by Gasteiger charge is -2.41.